The third kappa shape index (κ3) is 5.12. The van der Waals surface area contributed by atoms with Crippen molar-refractivity contribution in [3.05, 3.63) is 36.0 Å². The number of rotatable bonds is 6. The van der Waals surface area contributed by atoms with Gasteiger partial charge in [0.1, 0.15) is 6.10 Å². The summed E-state index contributed by atoms with van der Waals surface area (Å²) in [4.78, 5) is 25.8. The topological polar surface area (TPSA) is 66.8 Å². The van der Waals surface area contributed by atoms with Crippen molar-refractivity contribution < 1.29 is 23.8 Å². The molecule has 1 saturated carbocycles. The summed E-state index contributed by atoms with van der Waals surface area (Å²) in [6.07, 6.45) is 2.98. The summed E-state index contributed by atoms with van der Waals surface area (Å²) in [5.41, 5.74) is 1.28. The third-order valence-corrected chi connectivity index (χ3v) is 6.25. The summed E-state index contributed by atoms with van der Waals surface area (Å²) >= 11 is 0. The second-order valence-corrected chi connectivity index (χ2v) is 9.31. The zero-order valence-electron chi connectivity index (χ0n) is 19.5. The zero-order chi connectivity index (χ0) is 22.7. The highest BCUT2D eigenvalue weighted by atomic mass is 16.6. The minimum atomic E-state index is -0.916. The molecule has 1 heterocycles. The summed E-state index contributed by atoms with van der Waals surface area (Å²) in [5.74, 6) is 0.914. The first kappa shape index (κ1) is 23.3. The van der Waals surface area contributed by atoms with E-state index in [1.54, 1.807) is 6.20 Å². The largest absolute Gasteiger partial charge is 0.460 e. The molecule has 3 rings (SSSR count). The molecule has 0 spiro atoms. The van der Waals surface area contributed by atoms with Crippen molar-refractivity contribution in [3.63, 3.8) is 0 Å². The average Bonchev–Trinajstić information content (AvgIpc) is 3.10. The second kappa shape index (κ2) is 9.86. The molecular weight excluding hydrogens is 394 g/mol. The molecule has 0 N–H and O–H groups in total. The van der Waals surface area contributed by atoms with Gasteiger partial charge in [0.2, 0.25) is 0 Å². The maximum Gasteiger partial charge on any atom is 0.418 e. The minimum absolute atomic E-state index is 0.122. The SMILES string of the molecule is COC(=O)n1cc([C@H](OC(C)C)C(=O)O[C@@H]2C[C@H](C)CC[C@H]2C(C)C)c2ccccc21. The molecule has 0 aliphatic heterocycles. The Morgan fingerprint density at radius 3 is 2.45 bits per heavy atom. The molecule has 6 heteroatoms. The second-order valence-electron chi connectivity index (χ2n) is 9.31. The summed E-state index contributed by atoms with van der Waals surface area (Å²) in [7, 11) is 1.34. The fourth-order valence-corrected chi connectivity index (χ4v) is 4.65. The number of ether oxygens (including phenoxy) is 3. The standard InChI is InChI=1S/C25H35NO5/c1-15(2)18-12-11-17(5)13-22(18)31-24(27)23(30-16(3)4)20-14-26(25(28)29-6)21-10-8-7-9-19(20)21/h7-10,14-18,22-23H,11-13H2,1-6H3/t17-,18+,22-,23+/m1/s1. The van der Waals surface area contributed by atoms with Gasteiger partial charge in [-0.25, -0.2) is 9.59 Å². The Balaban J connectivity index is 1.97. The molecule has 0 bridgehead atoms. The highest BCUT2D eigenvalue weighted by molar-refractivity contribution is 5.95. The van der Waals surface area contributed by atoms with Crippen molar-refractivity contribution in [2.75, 3.05) is 7.11 Å². The number of hydrogen-bond acceptors (Lipinski definition) is 5. The van der Waals surface area contributed by atoms with Crippen LogP contribution < -0.4 is 0 Å². The first-order valence-electron chi connectivity index (χ1n) is 11.3. The lowest BCUT2D eigenvalue weighted by Crippen LogP contribution is -2.37. The molecule has 4 atom stereocenters. The molecule has 0 amide bonds. The molecule has 0 unspecified atom stereocenters. The summed E-state index contributed by atoms with van der Waals surface area (Å²) in [6.45, 7) is 10.4. The van der Waals surface area contributed by atoms with Crippen LogP contribution in [-0.4, -0.2) is 35.9 Å². The lowest BCUT2D eigenvalue weighted by molar-refractivity contribution is -0.172. The Bertz CT molecular complexity index is 916. The van der Waals surface area contributed by atoms with Gasteiger partial charge in [0.05, 0.1) is 18.7 Å². The Morgan fingerprint density at radius 1 is 1.10 bits per heavy atom. The van der Waals surface area contributed by atoms with E-state index in [2.05, 4.69) is 20.8 Å². The Kier molecular flexibility index (Phi) is 7.42. The van der Waals surface area contributed by atoms with Crippen molar-refractivity contribution in [1.29, 1.82) is 0 Å². The maximum atomic E-state index is 13.4. The molecule has 0 saturated heterocycles. The highest BCUT2D eigenvalue weighted by Crippen LogP contribution is 2.37. The Hall–Kier alpha value is -2.34. The van der Waals surface area contributed by atoms with E-state index in [-0.39, 0.29) is 12.2 Å². The van der Waals surface area contributed by atoms with Crippen LogP contribution in [0, 0.1) is 17.8 Å². The number of carbonyl (C=O) groups is 2. The van der Waals surface area contributed by atoms with Gasteiger partial charge in [-0.15, -0.1) is 0 Å². The molecule has 170 valence electrons. The quantitative estimate of drug-likeness (QED) is 0.549. The van der Waals surface area contributed by atoms with E-state index in [9.17, 15) is 9.59 Å². The van der Waals surface area contributed by atoms with E-state index in [1.165, 1.54) is 11.7 Å². The maximum absolute atomic E-state index is 13.4. The first-order valence-corrected chi connectivity index (χ1v) is 11.3. The van der Waals surface area contributed by atoms with Crippen molar-refractivity contribution in [3.8, 4) is 0 Å². The monoisotopic (exact) mass is 429 g/mol. The minimum Gasteiger partial charge on any atom is -0.460 e. The fourth-order valence-electron chi connectivity index (χ4n) is 4.65. The molecule has 1 aliphatic rings. The number of nitrogens with zero attached hydrogens (tertiary/aromatic N) is 1. The molecular formula is C25H35NO5. The van der Waals surface area contributed by atoms with E-state index in [1.807, 2.05) is 38.1 Å². The van der Waals surface area contributed by atoms with Crippen LogP contribution in [-0.2, 0) is 19.0 Å². The van der Waals surface area contributed by atoms with Crippen LogP contribution in [0.1, 0.15) is 65.5 Å². The first-order chi connectivity index (χ1) is 14.7. The lowest BCUT2D eigenvalue weighted by Gasteiger charge is -2.37. The molecule has 2 aromatic rings. The van der Waals surface area contributed by atoms with Crippen LogP contribution in [0.2, 0.25) is 0 Å². The number of fused-ring (bicyclic) bond motifs is 1. The highest BCUT2D eigenvalue weighted by Gasteiger charge is 2.37. The van der Waals surface area contributed by atoms with Gasteiger partial charge < -0.3 is 14.2 Å². The van der Waals surface area contributed by atoms with Crippen molar-refractivity contribution in [1.82, 2.24) is 4.57 Å². The number of methoxy groups -OCH3 is 1. The van der Waals surface area contributed by atoms with Gasteiger partial charge in [0.25, 0.3) is 0 Å². The lowest BCUT2D eigenvalue weighted by atomic mass is 9.75. The Morgan fingerprint density at radius 2 is 1.81 bits per heavy atom. The van der Waals surface area contributed by atoms with Gasteiger partial charge >= 0.3 is 12.1 Å². The van der Waals surface area contributed by atoms with Gasteiger partial charge in [-0.2, -0.15) is 0 Å². The van der Waals surface area contributed by atoms with Gasteiger partial charge in [0.15, 0.2) is 6.10 Å². The molecule has 6 nitrogen and oxygen atoms in total. The third-order valence-electron chi connectivity index (χ3n) is 6.25. The van der Waals surface area contributed by atoms with Crippen LogP contribution in [0.5, 0.6) is 0 Å². The predicted molar refractivity (Wildman–Crippen MR) is 120 cm³/mol. The number of carbonyl (C=O) groups excluding carboxylic acids is 2. The molecule has 31 heavy (non-hydrogen) atoms. The van der Waals surface area contributed by atoms with Crippen LogP contribution in [0.15, 0.2) is 30.5 Å². The van der Waals surface area contributed by atoms with Crippen LogP contribution in [0.3, 0.4) is 0 Å². The van der Waals surface area contributed by atoms with E-state index < -0.39 is 18.2 Å². The van der Waals surface area contributed by atoms with Crippen molar-refractivity contribution in [2.24, 2.45) is 17.8 Å². The van der Waals surface area contributed by atoms with Gasteiger partial charge in [-0.3, -0.25) is 4.57 Å². The van der Waals surface area contributed by atoms with E-state index in [0.717, 1.165) is 24.6 Å². The van der Waals surface area contributed by atoms with Crippen LogP contribution in [0.4, 0.5) is 4.79 Å². The summed E-state index contributed by atoms with van der Waals surface area (Å²) in [5, 5.41) is 0.771. The predicted octanol–water partition coefficient (Wildman–Crippen LogP) is 5.73. The fraction of sp³-hybridized carbons (Fsp3) is 0.600. The molecule has 1 aliphatic carbocycles. The zero-order valence-corrected chi connectivity index (χ0v) is 19.5. The number of aromatic nitrogens is 1. The summed E-state index contributed by atoms with van der Waals surface area (Å²) < 4.78 is 18.5. The van der Waals surface area contributed by atoms with E-state index in [0.29, 0.717) is 28.8 Å². The van der Waals surface area contributed by atoms with Gasteiger partial charge in [-0.05, 0) is 50.5 Å². The van der Waals surface area contributed by atoms with E-state index >= 15 is 0 Å². The molecule has 1 aromatic heterocycles. The van der Waals surface area contributed by atoms with Crippen LogP contribution in [0.25, 0.3) is 10.9 Å². The van der Waals surface area contributed by atoms with Crippen molar-refractivity contribution in [2.45, 2.75) is 72.2 Å². The summed E-state index contributed by atoms with van der Waals surface area (Å²) in [6, 6.07) is 7.43. The van der Waals surface area contributed by atoms with E-state index in [4.69, 9.17) is 14.2 Å². The molecule has 0 radical (unpaired) electrons. The molecule has 1 fully saturated rings. The number of hydrogen-bond donors (Lipinski definition) is 0. The average molecular weight is 430 g/mol. The Labute approximate surface area is 184 Å². The molecule has 1 aromatic carbocycles. The van der Waals surface area contributed by atoms with Crippen molar-refractivity contribution >= 4 is 23.0 Å². The van der Waals surface area contributed by atoms with Crippen LogP contribution >= 0.6 is 0 Å². The number of esters is 1. The normalized spacial score (nSPS) is 22.6. The number of benzene rings is 1. The number of para-hydroxylation sites is 1. The smallest absolute Gasteiger partial charge is 0.418 e. The van der Waals surface area contributed by atoms with Gasteiger partial charge in [-0.1, -0.05) is 45.4 Å². The van der Waals surface area contributed by atoms with Gasteiger partial charge in [0, 0.05) is 17.1 Å².